The van der Waals surface area contributed by atoms with Gasteiger partial charge in [0.05, 0.1) is 23.2 Å². The van der Waals surface area contributed by atoms with E-state index in [1.54, 1.807) is 18.7 Å². The second kappa shape index (κ2) is 11.0. The summed E-state index contributed by atoms with van der Waals surface area (Å²) < 4.78 is 27.5. The van der Waals surface area contributed by atoms with Crippen LogP contribution in [0.4, 0.5) is 8.78 Å². The van der Waals surface area contributed by atoms with E-state index in [2.05, 4.69) is 37.3 Å². The number of carbonyl (C=O) groups is 1. The number of benzene rings is 1. The SMILES string of the molecule is Cc1ncc([C@H](CC(=O)NC[C@H](Cc2ccc(-c3cnc[nH]3)cc2)N(C)C)CC(C)(F)F)s1. The summed E-state index contributed by atoms with van der Waals surface area (Å²) in [7, 11) is 3.94. The van der Waals surface area contributed by atoms with Gasteiger partial charge in [0.25, 0.3) is 0 Å². The fraction of sp³-hybridized carbons (Fsp3) is 0.458. The van der Waals surface area contributed by atoms with E-state index in [0.717, 1.165) is 40.1 Å². The van der Waals surface area contributed by atoms with Gasteiger partial charge < -0.3 is 15.2 Å². The van der Waals surface area contributed by atoms with Crippen molar-refractivity contribution in [2.24, 2.45) is 0 Å². The summed E-state index contributed by atoms with van der Waals surface area (Å²) in [4.78, 5) is 26.8. The molecule has 178 valence electrons. The average Bonchev–Trinajstić information content (AvgIpc) is 3.42. The molecule has 0 saturated carbocycles. The number of alkyl halides is 2. The highest BCUT2D eigenvalue weighted by molar-refractivity contribution is 7.11. The monoisotopic (exact) mass is 475 g/mol. The van der Waals surface area contributed by atoms with Crippen molar-refractivity contribution in [1.29, 1.82) is 0 Å². The fourth-order valence-corrected chi connectivity index (χ4v) is 4.63. The molecule has 0 aliphatic heterocycles. The quantitative estimate of drug-likeness (QED) is 0.423. The van der Waals surface area contributed by atoms with Crippen LogP contribution in [0.3, 0.4) is 0 Å². The molecular formula is C24H31F2N5OS. The van der Waals surface area contributed by atoms with E-state index in [9.17, 15) is 13.6 Å². The number of aromatic amines is 1. The molecule has 2 heterocycles. The fourth-order valence-electron chi connectivity index (χ4n) is 3.74. The number of hydrogen-bond donors (Lipinski definition) is 2. The number of nitrogens with one attached hydrogen (secondary N) is 2. The largest absolute Gasteiger partial charge is 0.355 e. The highest BCUT2D eigenvalue weighted by Crippen LogP contribution is 2.35. The molecule has 1 amide bonds. The molecule has 9 heteroatoms. The highest BCUT2D eigenvalue weighted by atomic mass is 32.1. The Labute approximate surface area is 197 Å². The van der Waals surface area contributed by atoms with Crippen molar-refractivity contribution in [2.45, 2.75) is 51.0 Å². The molecule has 6 nitrogen and oxygen atoms in total. The summed E-state index contributed by atoms with van der Waals surface area (Å²) in [6.45, 7) is 3.16. The summed E-state index contributed by atoms with van der Waals surface area (Å²) >= 11 is 1.37. The molecule has 0 bridgehead atoms. The Bertz CT molecular complexity index is 1010. The lowest BCUT2D eigenvalue weighted by Gasteiger charge is -2.25. The van der Waals surface area contributed by atoms with Crippen LogP contribution in [0.2, 0.25) is 0 Å². The number of likely N-dealkylation sites (N-methyl/N-ethyl adjacent to an activating group) is 1. The third kappa shape index (κ3) is 7.71. The van der Waals surface area contributed by atoms with Crippen LogP contribution >= 0.6 is 11.3 Å². The van der Waals surface area contributed by atoms with E-state index in [1.165, 1.54) is 11.3 Å². The second-order valence-electron chi connectivity index (χ2n) is 8.74. The first-order valence-corrected chi connectivity index (χ1v) is 11.7. The predicted molar refractivity (Wildman–Crippen MR) is 128 cm³/mol. The summed E-state index contributed by atoms with van der Waals surface area (Å²) in [5.41, 5.74) is 3.17. The smallest absolute Gasteiger partial charge is 0.246 e. The van der Waals surface area contributed by atoms with Crippen LogP contribution in [0.15, 0.2) is 43.0 Å². The number of H-pyrrole nitrogens is 1. The minimum absolute atomic E-state index is 0.0179. The number of hydrogen-bond acceptors (Lipinski definition) is 5. The molecule has 0 aliphatic carbocycles. The Balaban J connectivity index is 1.58. The molecule has 0 unspecified atom stereocenters. The van der Waals surface area contributed by atoms with Crippen LogP contribution in [0.1, 0.15) is 41.1 Å². The molecule has 0 fully saturated rings. The van der Waals surface area contributed by atoms with Gasteiger partial charge in [-0.05, 0) is 45.5 Å². The van der Waals surface area contributed by atoms with Crippen LogP contribution in [0, 0.1) is 6.92 Å². The highest BCUT2D eigenvalue weighted by Gasteiger charge is 2.30. The van der Waals surface area contributed by atoms with E-state index in [-0.39, 0.29) is 24.8 Å². The molecular weight excluding hydrogens is 444 g/mol. The Hall–Kier alpha value is -2.65. The van der Waals surface area contributed by atoms with Crippen molar-refractivity contribution < 1.29 is 13.6 Å². The first-order chi connectivity index (χ1) is 15.6. The van der Waals surface area contributed by atoms with Crippen molar-refractivity contribution in [3.8, 4) is 11.3 Å². The zero-order valence-electron chi connectivity index (χ0n) is 19.4. The van der Waals surface area contributed by atoms with Crippen molar-refractivity contribution in [2.75, 3.05) is 20.6 Å². The zero-order chi connectivity index (χ0) is 24.0. The lowest BCUT2D eigenvalue weighted by Crippen LogP contribution is -2.42. The van der Waals surface area contributed by atoms with Crippen LogP contribution in [-0.2, 0) is 11.2 Å². The maximum absolute atomic E-state index is 13.7. The zero-order valence-corrected chi connectivity index (χ0v) is 20.3. The predicted octanol–water partition coefficient (Wildman–Crippen LogP) is 4.65. The normalized spacial score (nSPS) is 13.8. The maximum atomic E-state index is 13.7. The summed E-state index contributed by atoms with van der Waals surface area (Å²) in [5.74, 6) is -3.63. The summed E-state index contributed by atoms with van der Waals surface area (Å²) in [5, 5.41) is 3.76. The van der Waals surface area contributed by atoms with Crippen LogP contribution < -0.4 is 5.32 Å². The number of aromatic nitrogens is 3. The second-order valence-corrected chi connectivity index (χ2v) is 10.0. The van der Waals surface area contributed by atoms with Crippen molar-refractivity contribution in [3.05, 3.63) is 58.4 Å². The minimum Gasteiger partial charge on any atom is -0.355 e. The Morgan fingerprint density at radius 1 is 1.24 bits per heavy atom. The number of imidazole rings is 1. The van der Waals surface area contributed by atoms with Gasteiger partial charge in [-0.1, -0.05) is 24.3 Å². The molecule has 3 rings (SSSR count). The number of thiazole rings is 1. The summed E-state index contributed by atoms with van der Waals surface area (Å²) in [6.07, 6.45) is 5.44. The van der Waals surface area contributed by atoms with Crippen LogP contribution in [0.5, 0.6) is 0 Å². The van der Waals surface area contributed by atoms with Crippen molar-refractivity contribution in [3.63, 3.8) is 0 Å². The molecule has 2 aromatic heterocycles. The van der Waals surface area contributed by atoms with Crippen molar-refractivity contribution in [1.82, 2.24) is 25.2 Å². The average molecular weight is 476 g/mol. The molecule has 33 heavy (non-hydrogen) atoms. The van der Waals surface area contributed by atoms with Gasteiger partial charge in [0.2, 0.25) is 11.8 Å². The Morgan fingerprint density at radius 2 is 1.97 bits per heavy atom. The third-order valence-corrected chi connectivity index (χ3v) is 6.65. The molecule has 2 atom stereocenters. The summed E-state index contributed by atoms with van der Waals surface area (Å²) in [6, 6.07) is 8.30. The Morgan fingerprint density at radius 3 is 2.52 bits per heavy atom. The van der Waals surface area contributed by atoms with Gasteiger partial charge in [0, 0.05) is 42.4 Å². The molecule has 0 aliphatic rings. The van der Waals surface area contributed by atoms with E-state index < -0.39 is 11.8 Å². The molecule has 2 N–H and O–H groups in total. The van der Waals surface area contributed by atoms with E-state index >= 15 is 0 Å². The number of halogens is 2. The number of carbonyl (C=O) groups excluding carboxylic acids is 1. The van der Waals surface area contributed by atoms with E-state index in [0.29, 0.717) is 6.54 Å². The maximum Gasteiger partial charge on any atom is 0.246 e. The van der Waals surface area contributed by atoms with Crippen molar-refractivity contribution >= 4 is 17.2 Å². The van der Waals surface area contributed by atoms with Gasteiger partial charge >= 0.3 is 0 Å². The molecule has 3 aromatic rings. The minimum atomic E-state index is -2.85. The lowest BCUT2D eigenvalue weighted by molar-refractivity contribution is -0.122. The number of amides is 1. The van der Waals surface area contributed by atoms with Gasteiger partial charge in [-0.3, -0.25) is 4.79 Å². The third-order valence-electron chi connectivity index (χ3n) is 5.58. The van der Waals surface area contributed by atoms with Crippen LogP contribution in [-0.4, -0.2) is 58.4 Å². The topological polar surface area (TPSA) is 73.9 Å². The van der Waals surface area contributed by atoms with E-state index in [4.69, 9.17) is 0 Å². The standard InChI is InChI=1S/C24H31F2N5OS/c1-16-28-14-22(33-16)19(11-24(2,25)26)10-23(32)29-12-20(31(3)4)9-17-5-7-18(8-6-17)21-13-27-15-30-21/h5-8,13-15,19-20H,9-12H2,1-4H3,(H,27,30)(H,29,32)/t19-,20+/m1/s1. The molecule has 0 saturated heterocycles. The number of rotatable bonds is 11. The number of aryl methyl sites for hydroxylation is 1. The lowest BCUT2D eigenvalue weighted by atomic mass is 9.96. The number of nitrogens with zero attached hydrogens (tertiary/aromatic N) is 3. The first kappa shape index (κ1) is 25.0. The molecule has 0 radical (unpaired) electrons. The van der Waals surface area contributed by atoms with Crippen LogP contribution in [0.25, 0.3) is 11.3 Å². The van der Waals surface area contributed by atoms with Gasteiger partial charge in [-0.25, -0.2) is 18.7 Å². The van der Waals surface area contributed by atoms with E-state index in [1.807, 2.05) is 33.2 Å². The van der Waals surface area contributed by atoms with Gasteiger partial charge in [0.15, 0.2) is 0 Å². The molecule has 1 aromatic carbocycles. The Kier molecular flexibility index (Phi) is 8.31. The van der Waals surface area contributed by atoms with Gasteiger partial charge in [-0.2, -0.15) is 0 Å². The molecule has 0 spiro atoms. The van der Waals surface area contributed by atoms with Gasteiger partial charge in [0.1, 0.15) is 0 Å². The first-order valence-electron chi connectivity index (χ1n) is 10.9. The van der Waals surface area contributed by atoms with Gasteiger partial charge in [-0.15, -0.1) is 11.3 Å².